The van der Waals surface area contributed by atoms with Gasteiger partial charge in [0.2, 0.25) is 0 Å². The van der Waals surface area contributed by atoms with Gasteiger partial charge in [-0.3, -0.25) is 9.78 Å². The van der Waals surface area contributed by atoms with E-state index in [-0.39, 0.29) is 11.7 Å². The molecule has 4 nitrogen and oxygen atoms in total. The molecule has 0 atom stereocenters. The predicted molar refractivity (Wildman–Crippen MR) is 90.5 cm³/mol. The Bertz CT molecular complexity index is 828. The summed E-state index contributed by atoms with van der Waals surface area (Å²) in [6.45, 7) is 0. The number of nitrogens with zero attached hydrogens (tertiary/aromatic N) is 1. The van der Waals surface area contributed by atoms with Gasteiger partial charge in [0, 0.05) is 17.1 Å². The lowest BCUT2D eigenvalue weighted by molar-refractivity contribution is 0.102. The number of pyridine rings is 1. The van der Waals surface area contributed by atoms with Crippen molar-refractivity contribution < 1.29 is 9.90 Å². The van der Waals surface area contributed by atoms with E-state index < -0.39 is 0 Å². The topological polar surface area (TPSA) is 62.2 Å². The van der Waals surface area contributed by atoms with Crippen molar-refractivity contribution in [2.75, 3.05) is 5.32 Å². The highest BCUT2D eigenvalue weighted by Gasteiger charge is 2.10. The van der Waals surface area contributed by atoms with Crippen LogP contribution in [0.3, 0.4) is 0 Å². The van der Waals surface area contributed by atoms with Gasteiger partial charge in [0.05, 0.1) is 14.8 Å². The monoisotopic (exact) mass is 390 g/mol. The molecule has 104 valence electrons. The molecule has 0 aliphatic heterocycles. The van der Waals surface area contributed by atoms with Gasteiger partial charge in [0.25, 0.3) is 5.91 Å². The molecule has 1 amide bonds. The standard InChI is InChI=1S/C16H11IN2O2/c17-12-7-6-10(9-15(12)20)16(21)19-14-5-1-4-13-11(14)3-2-8-18-13/h1-9,20H,(H,19,21). The van der Waals surface area contributed by atoms with Crippen LogP contribution in [0.25, 0.3) is 10.9 Å². The minimum atomic E-state index is -0.266. The van der Waals surface area contributed by atoms with Gasteiger partial charge in [-0.15, -0.1) is 0 Å². The van der Waals surface area contributed by atoms with E-state index in [0.717, 1.165) is 10.9 Å². The van der Waals surface area contributed by atoms with E-state index in [1.807, 2.05) is 52.9 Å². The summed E-state index contributed by atoms with van der Waals surface area (Å²) in [4.78, 5) is 16.5. The number of aromatic nitrogens is 1. The van der Waals surface area contributed by atoms with Crippen molar-refractivity contribution in [3.63, 3.8) is 0 Å². The Labute approximate surface area is 135 Å². The summed E-state index contributed by atoms with van der Waals surface area (Å²) < 4.78 is 0.707. The van der Waals surface area contributed by atoms with Crippen LogP contribution in [-0.4, -0.2) is 16.0 Å². The summed E-state index contributed by atoms with van der Waals surface area (Å²) in [6.07, 6.45) is 1.71. The lowest BCUT2D eigenvalue weighted by atomic mass is 10.1. The molecule has 1 heterocycles. The second kappa shape index (κ2) is 5.69. The van der Waals surface area contributed by atoms with Crippen LogP contribution in [0.5, 0.6) is 5.75 Å². The van der Waals surface area contributed by atoms with E-state index in [2.05, 4.69) is 10.3 Å². The van der Waals surface area contributed by atoms with Crippen LogP contribution < -0.4 is 5.32 Å². The molecule has 3 aromatic rings. The molecule has 0 unspecified atom stereocenters. The normalized spacial score (nSPS) is 10.5. The number of halogens is 1. The van der Waals surface area contributed by atoms with Gasteiger partial charge in [-0.1, -0.05) is 6.07 Å². The van der Waals surface area contributed by atoms with Crippen LogP contribution in [-0.2, 0) is 0 Å². The average Bonchev–Trinajstić information content (AvgIpc) is 2.50. The van der Waals surface area contributed by atoms with Crippen LogP contribution >= 0.6 is 22.6 Å². The van der Waals surface area contributed by atoms with E-state index >= 15 is 0 Å². The molecular weight excluding hydrogens is 379 g/mol. The minimum absolute atomic E-state index is 0.0998. The highest BCUT2D eigenvalue weighted by Crippen LogP contribution is 2.24. The van der Waals surface area contributed by atoms with Crippen LogP contribution in [0.4, 0.5) is 5.69 Å². The molecule has 0 saturated carbocycles. The summed E-state index contributed by atoms with van der Waals surface area (Å²) >= 11 is 2.01. The molecule has 0 aliphatic rings. The molecular formula is C16H11IN2O2. The fraction of sp³-hybridized carbons (Fsp3) is 0. The second-order valence-electron chi connectivity index (χ2n) is 4.50. The first-order chi connectivity index (χ1) is 10.1. The third-order valence-electron chi connectivity index (χ3n) is 3.10. The van der Waals surface area contributed by atoms with E-state index in [1.54, 1.807) is 18.3 Å². The Balaban J connectivity index is 1.94. The van der Waals surface area contributed by atoms with Gasteiger partial charge in [-0.2, -0.15) is 0 Å². The first-order valence-corrected chi connectivity index (χ1v) is 7.36. The number of benzene rings is 2. The lowest BCUT2D eigenvalue weighted by Crippen LogP contribution is -2.12. The van der Waals surface area contributed by atoms with Crippen LogP contribution in [0, 0.1) is 3.57 Å². The van der Waals surface area contributed by atoms with Crippen molar-refractivity contribution in [3.05, 3.63) is 63.9 Å². The van der Waals surface area contributed by atoms with Crippen molar-refractivity contribution in [2.24, 2.45) is 0 Å². The zero-order valence-corrected chi connectivity index (χ0v) is 13.0. The third kappa shape index (κ3) is 2.82. The summed E-state index contributed by atoms with van der Waals surface area (Å²) in [6, 6.07) is 14.1. The van der Waals surface area contributed by atoms with Crippen LogP contribution in [0.15, 0.2) is 54.7 Å². The molecule has 1 aromatic heterocycles. The van der Waals surface area contributed by atoms with Crippen molar-refractivity contribution >= 4 is 45.1 Å². The molecule has 0 bridgehead atoms. The number of hydrogen-bond acceptors (Lipinski definition) is 3. The average molecular weight is 390 g/mol. The highest BCUT2D eigenvalue weighted by atomic mass is 127. The SMILES string of the molecule is O=C(Nc1cccc2ncccc12)c1ccc(I)c(O)c1. The van der Waals surface area contributed by atoms with E-state index in [4.69, 9.17) is 0 Å². The maximum atomic E-state index is 12.3. The zero-order chi connectivity index (χ0) is 14.8. The number of amides is 1. The highest BCUT2D eigenvalue weighted by molar-refractivity contribution is 14.1. The van der Waals surface area contributed by atoms with Crippen molar-refractivity contribution in [1.82, 2.24) is 4.98 Å². The largest absolute Gasteiger partial charge is 0.507 e. The molecule has 21 heavy (non-hydrogen) atoms. The lowest BCUT2D eigenvalue weighted by Gasteiger charge is -2.09. The summed E-state index contributed by atoms with van der Waals surface area (Å²) in [5.74, 6) is -0.166. The maximum Gasteiger partial charge on any atom is 0.255 e. The van der Waals surface area contributed by atoms with E-state index in [0.29, 0.717) is 14.8 Å². The molecule has 0 radical (unpaired) electrons. The van der Waals surface area contributed by atoms with Gasteiger partial charge in [-0.25, -0.2) is 0 Å². The number of rotatable bonds is 2. The number of fused-ring (bicyclic) bond motifs is 1. The second-order valence-corrected chi connectivity index (χ2v) is 5.66. The Morgan fingerprint density at radius 1 is 1.14 bits per heavy atom. The number of aromatic hydroxyl groups is 1. The van der Waals surface area contributed by atoms with Gasteiger partial charge in [0.15, 0.2) is 0 Å². The smallest absolute Gasteiger partial charge is 0.255 e. The maximum absolute atomic E-state index is 12.3. The first-order valence-electron chi connectivity index (χ1n) is 6.29. The zero-order valence-electron chi connectivity index (χ0n) is 10.9. The predicted octanol–water partition coefficient (Wildman–Crippen LogP) is 3.80. The molecule has 0 aliphatic carbocycles. The number of carbonyl (C=O) groups excluding carboxylic acids is 1. The quantitative estimate of drug-likeness (QED) is 0.655. The summed E-state index contributed by atoms with van der Waals surface area (Å²) in [7, 11) is 0. The van der Waals surface area contributed by atoms with Gasteiger partial charge in [-0.05, 0) is 65.1 Å². The fourth-order valence-corrected chi connectivity index (χ4v) is 2.40. The Kier molecular flexibility index (Phi) is 3.74. The van der Waals surface area contributed by atoms with Crippen molar-refractivity contribution in [1.29, 1.82) is 0 Å². The molecule has 3 rings (SSSR count). The number of phenolic OH excluding ortho intramolecular Hbond substituents is 1. The first kappa shape index (κ1) is 13.8. The third-order valence-corrected chi connectivity index (χ3v) is 4.01. The Hall–Kier alpha value is -2.15. The Morgan fingerprint density at radius 2 is 2.00 bits per heavy atom. The molecule has 2 aromatic carbocycles. The van der Waals surface area contributed by atoms with Gasteiger partial charge in [0.1, 0.15) is 5.75 Å². The minimum Gasteiger partial charge on any atom is -0.507 e. The Morgan fingerprint density at radius 3 is 2.81 bits per heavy atom. The number of carbonyl (C=O) groups is 1. The molecule has 2 N–H and O–H groups in total. The van der Waals surface area contributed by atoms with E-state index in [1.165, 1.54) is 6.07 Å². The van der Waals surface area contributed by atoms with E-state index in [9.17, 15) is 9.90 Å². The molecule has 0 saturated heterocycles. The number of nitrogens with one attached hydrogen (secondary N) is 1. The molecule has 0 fully saturated rings. The molecule has 5 heteroatoms. The number of hydrogen-bond donors (Lipinski definition) is 2. The number of phenols is 1. The molecule has 0 spiro atoms. The summed E-state index contributed by atoms with van der Waals surface area (Å²) in [5.41, 5.74) is 1.93. The van der Waals surface area contributed by atoms with Crippen LogP contribution in [0.2, 0.25) is 0 Å². The van der Waals surface area contributed by atoms with Gasteiger partial charge >= 0.3 is 0 Å². The summed E-state index contributed by atoms with van der Waals surface area (Å²) in [5, 5.41) is 13.4. The van der Waals surface area contributed by atoms with Gasteiger partial charge < -0.3 is 10.4 Å². The number of anilines is 1. The fourth-order valence-electron chi connectivity index (χ4n) is 2.06. The van der Waals surface area contributed by atoms with Crippen molar-refractivity contribution in [3.8, 4) is 5.75 Å². The van der Waals surface area contributed by atoms with Crippen LogP contribution in [0.1, 0.15) is 10.4 Å². The van der Waals surface area contributed by atoms with Crippen molar-refractivity contribution in [2.45, 2.75) is 0 Å².